The monoisotopic (exact) mass is 140 g/mol. The van der Waals surface area contributed by atoms with E-state index in [-0.39, 0.29) is 0 Å². The van der Waals surface area contributed by atoms with Crippen molar-refractivity contribution in [3.8, 4) is 0 Å². The van der Waals surface area contributed by atoms with Gasteiger partial charge in [0.15, 0.2) is 0 Å². The highest BCUT2D eigenvalue weighted by Gasteiger charge is 1.99. The number of nitrogens with zero attached hydrogens (tertiary/aromatic N) is 1. The number of amidine groups is 1. The van der Waals surface area contributed by atoms with Gasteiger partial charge in [-0.05, 0) is 13.1 Å². The molecule has 0 aliphatic carbocycles. The van der Waals surface area contributed by atoms with Gasteiger partial charge in [0.2, 0.25) is 0 Å². The molecular weight excluding hydrogens is 124 g/mol. The summed E-state index contributed by atoms with van der Waals surface area (Å²) in [7, 11) is 0. The van der Waals surface area contributed by atoms with Crippen molar-refractivity contribution in [3.63, 3.8) is 0 Å². The normalized spacial score (nSPS) is 11.8. The maximum Gasteiger partial charge on any atom is 0.103 e. The Morgan fingerprint density at radius 3 is 2.60 bits per heavy atom. The van der Waals surface area contributed by atoms with Crippen LogP contribution in [0.25, 0.3) is 0 Å². The molecule has 0 bridgehead atoms. The maximum atomic E-state index is 4.25. The predicted octanol–water partition coefficient (Wildman–Crippen LogP) is 1.79. The van der Waals surface area contributed by atoms with Crippen LogP contribution in [0, 0.1) is 5.92 Å². The predicted molar refractivity (Wildman–Crippen MR) is 46.1 cm³/mol. The van der Waals surface area contributed by atoms with E-state index in [1.54, 1.807) is 6.20 Å². The zero-order valence-electron chi connectivity index (χ0n) is 7.02. The highest BCUT2D eigenvalue weighted by Crippen LogP contribution is 1.93. The van der Waals surface area contributed by atoms with Gasteiger partial charge in [0, 0.05) is 12.5 Å². The number of rotatable bonds is 3. The summed E-state index contributed by atoms with van der Waals surface area (Å²) in [5.41, 5.74) is 0. The van der Waals surface area contributed by atoms with Crippen molar-refractivity contribution in [1.82, 2.24) is 5.32 Å². The van der Waals surface area contributed by atoms with Crippen molar-refractivity contribution in [2.24, 2.45) is 10.9 Å². The molecule has 0 aromatic carbocycles. The van der Waals surface area contributed by atoms with Gasteiger partial charge in [-0.2, -0.15) is 0 Å². The molecule has 0 heterocycles. The first-order valence-corrected chi connectivity index (χ1v) is 3.64. The minimum atomic E-state index is 0.456. The number of hydrogen-bond acceptors (Lipinski definition) is 1. The van der Waals surface area contributed by atoms with Crippen LogP contribution in [0.1, 0.15) is 20.8 Å². The molecule has 2 nitrogen and oxygen atoms in total. The lowest BCUT2D eigenvalue weighted by molar-refractivity contribution is 0.836. The smallest absolute Gasteiger partial charge is 0.103 e. The van der Waals surface area contributed by atoms with Gasteiger partial charge in [-0.25, -0.2) is 0 Å². The van der Waals surface area contributed by atoms with Crippen molar-refractivity contribution in [1.29, 1.82) is 0 Å². The minimum Gasteiger partial charge on any atom is -0.351 e. The summed E-state index contributed by atoms with van der Waals surface area (Å²) in [6, 6.07) is 0. The third-order valence-electron chi connectivity index (χ3n) is 1.13. The molecule has 10 heavy (non-hydrogen) atoms. The average molecular weight is 140 g/mol. The summed E-state index contributed by atoms with van der Waals surface area (Å²) in [6.45, 7) is 10.6. The Morgan fingerprint density at radius 1 is 1.70 bits per heavy atom. The van der Waals surface area contributed by atoms with E-state index in [2.05, 4.69) is 30.7 Å². The highest BCUT2D eigenvalue weighted by molar-refractivity contribution is 5.84. The molecule has 0 atom stereocenters. The molecule has 0 saturated heterocycles. The first-order valence-electron chi connectivity index (χ1n) is 3.64. The quantitative estimate of drug-likeness (QED) is 0.469. The SMILES string of the molecule is C=CN/C(=N\CC)C(C)C. The van der Waals surface area contributed by atoms with Crippen molar-refractivity contribution < 1.29 is 0 Å². The molecule has 0 saturated carbocycles. The topological polar surface area (TPSA) is 24.4 Å². The van der Waals surface area contributed by atoms with Crippen LogP contribution in [0.2, 0.25) is 0 Å². The Labute approximate surface area is 63.0 Å². The van der Waals surface area contributed by atoms with Gasteiger partial charge in [0.05, 0.1) is 0 Å². The van der Waals surface area contributed by atoms with Gasteiger partial charge in [0.1, 0.15) is 5.84 Å². The fourth-order valence-electron chi connectivity index (χ4n) is 0.670. The fourth-order valence-corrected chi connectivity index (χ4v) is 0.670. The molecule has 0 amide bonds. The first kappa shape index (κ1) is 9.21. The lowest BCUT2D eigenvalue weighted by atomic mass is 10.2. The number of nitrogens with one attached hydrogen (secondary N) is 1. The van der Waals surface area contributed by atoms with Crippen molar-refractivity contribution >= 4 is 5.84 Å². The van der Waals surface area contributed by atoms with Crippen molar-refractivity contribution in [2.75, 3.05) is 6.54 Å². The third-order valence-corrected chi connectivity index (χ3v) is 1.13. The van der Waals surface area contributed by atoms with Crippen LogP contribution < -0.4 is 5.32 Å². The van der Waals surface area contributed by atoms with Gasteiger partial charge in [-0.15, -0.1) is 0 Å². The van der Waals surface area contributed by atoms with E-state index in [1.807, 2.05) is 6.92 Å². The molecular formula is C8H16N2. The Balaban J connectivity index is 3.96. The molecule has 1 N–H and O–H groups in total. The van der Waals surface area contributed by atoms with E-state index < -0.39 is 0 Å². The second kappa shape index (κ2) is 5.03. The Hall–Kier alpha value is -0.790. The molecule has 2 heteroatoms. The van der Waals surface area contributed by atoms with Crippen LogP contribution in [-0.2, 0) is 0 Å². The van der Waals surface area contributed by atoms with Crippen LogP contribution in [0.3, 0.4) is 0 Å². The lowest BCUT2D eigenvalue weighted by Gasteiger charge is -2.08. The van der Waals surface area contributed by atoms with Crippen LogP contribution >= 0.6 is 0 Å². The molecule has 0 unspecified atom stereocenters. The molecule has 0 aliphatic rings. The third kappa shape index (κ3) is 3.28. The van der Waals surface area contributed by atoms with E-state index in [4.69, 9.17) is 0 Å². The molecule has 0 aromatic heterocycles. The summed E-state index contributed by atoms with van der Waals surface area (Å²) >= 11 is 0. The standard InChI is InChI=1S/C8H16N2/c1-5-9-8(7(3)4)10-6-2/h5,7H,1,6H2,2-4H3,(H,9,10). The van der Waals surface area contributed by atoms with E-state index in [0.717, 1.165) is 12.4 Å². The Bertz CT molecular complexity index is 125. The molecule has 0 aliphatic heterocycles. The van der Waals surface area contributed by atoms with E-state index >= 15 is 0 Å². The van der Waals surface area contributed by atoms with Gasteiger partial charge in [-0.1, -0.05) is 20.4 Å². The van der Waals surface area contributed by atoms with Gasteiger partial charge < -0.3 is 5.32 Å². The minimum absolute atomic E-state index is 0.456. The second-order valence-corrected chi connectivity index (χ2v) is 2.36. The summed E-state index contributed by atoms with van der Waals surface area (Å²) in [4.78, 5) is 4.25. The maximum absolute atomic E-state index is 4.25. The van der Waals surface area contributed by atoms with Crippen LogP contribution in [-0.4, -0.2) is 12.4 Å². The molecule has 0 spiro atoms. The molecule has 0 aromatic rings. The van der Waals surface area contributed by atoms with Crippen molar-refractivity contribution in [2.45, 2.75) is 20.8 Å². The van der Waals surface area contributed by atoms with Gasteiger partial charge >= 0.3 is 0 Å². The number of hydrogen-bond donors (Lipinski definition) is 1. The molecule has 0 radical (unpaired) electrons. The zero-order chi connectivity index (χ0) is 7.98. The molecule has 0 fully saturated rings. The Morgan fingerprint density at radius 2 is 2.30 bits per heavy atom. The first-order chi connectivity index (χ1) is 4.72. The summed E-state index contributed by atoms with van der Waals surface area (Å²) in [5, 5.41) is 3.00. The highest BCUT2D eigenvalue weighted by atomic mass is 15.0. The van der Waals surface area contributed by atoms with Crippen molar-refractivity contribution in [3.05, 3.63) is 12.8 Å². The fraction of sp³-hybridized carbons (Fsp3) is 0.625. The largest absolute Gasteiger partial charge is 0.351 e. The summed E-state index contributed by atoms with van der Waals surface area (Å²) in [6.07, 6.45) is 1.66. The zero-order valence-corrected chi connectivity index (χ0v) is 7.02. The van der Waals surface area contributed by atoms with E-state index in [9.17, 15) is 0 Å². The second-order valence-electron chi connectivity index (χ2n) is 2.36. The summed E-state index contributed by atoms with van der Waals surface area (Å²) < 4.78 is 0. The van der Waals surface area contributed by atoms with Crippen LogP contribution in [0.4, 0.5) is 0 Å². The molecule has 0 rings (SSSR count). The van der Waals surface area contributed by atoms with Gasteiger partial charge in [-0.3, -0.25) is 4.99 Å². The number of aliphatic imine (C=N–C) groups is 1. The van der Waals surface area contributed by atoms with E-state index in [0.29, 0.717) is 5.92 Å². The van der Waals surface area contributed by atoms with Crippen LogP contribution in [0.5, 0.6) is 0 Å². The van der Waals surface area contributed by atoms with Gasteiger partial charge in [0.25, 0.3) is 0 Å². The average Bonchev–Trinajstić information content (AvgIpc) is 1.87. The Kier molecular flexibility index (Phi) is 4.63. The summed E-state index contributed by atoms with van der Waals surface area (Å²) in [5.74, 6) is 1.47. The van der Waals surface area contributed by atoms with E-state index in [1.165, 1.54) is 0 Å². The molecule has 58 valence electrons. The van der Waals surface area contributed by atoms with Crippen LogP contribution in [0.15, 0.2) is 17.8 Å². The lowest BCUT2D eigenvalue weighted by Crippen LogP contribution is -2.23.